The van der Waals surface area contributed by atoms with Gasteiger partial charge in [0.15, 0.2) is 11.4 Å². The Hall–Kier alpha value is -5.13. The number of aromatic nitrogens is 2. The standard InChI is InChI=1S/C31H25F3N4O5/c1-17-35-27-22-9-5-6-10-24(22)42-28(27)29(36-17)38-16-18(13-23(38)30(40)41)14-26(39)37-20-11-12-21(19-7-3-2-4-8-19)25(15-20)43-31(32,33)34/h2-12,15,18,23H,13-14,16H2,1H3,(H,37,39)(H,40,41)/t18-,23+/m1/s1. The number of fused-ring (bicyclic) bond motifs is 3. The quantitative estimate of drug-likeness (QED) is 0.219. The van der Waals surface area contributed by atoms with E-state index in [1.807, 2.05) is 18.2 Å². The van der Waals surface area contributed by atoms with Gasteiger partial charge in [0.1, 0.15) is 28.7 Å². The molecule has 2 aromatic heterocycles. The van der Waals surface area contributed by atoms with E-state index in [4.69, 9.17) is 4.42 Å². The number of nitrogens with one attached hydrogen (secondary N) is 1. The molecule has 1 aliphatic heterocycles. The van der Waals surface area contributed by atoms with Gasteiger partial charge in [-0.2, -0.15) is 0 Å². The molecule has 2 atom stereocenters. The van der Waals surface area contributed by atoms with Gasteiger partial charge in [-0.25, -0.2) is 14.8 Å². The number of anilines is 2. The largest absolute Gasteiger partial charge is 0.573 e. The molecule has 0 spiro atoms. The average molecular weight is 591 g/mol. The number of amides is 1. The van der Waals surface area contributed by atoms with Gasteiger partial charge in [-0.3, -0.25) is 4.79 Å². The Kier molecular flexibility index (Phi) is 7.12. The van der Waals surface area contributed by atoms with Crippen LogP contribution < -0.4 is 15.0 Å². The third kappa shape index (κ3) is 5.81. The molecule has 5 aromatic rings. The van der Waals surface area contributed by atoms with Gasteiger partial charge in [-0.15, -0.1) is 13.2 Å². The van der Waals surface area contributed by atoms with Gasteiger partial charge in [-0.1, -0.05) is 42.5 Å². The van der Waals surface area contributed by atoms with Crippen LogP contribution in [-0.2, 0) is 9.59 Å². The number of carbonyl (C=O) groups is 2. The minimum absolute atomic E-state index is 0.0660. The Morgan fingerprint density at radius 2 is 1.81 bits per heavy atom. The van der Waals surface area contributed by atoms with Crippen LogP contribution in [0, 0.1) is 12.8 Å². The Balaban J connectivity index is 1.23. The molecule has 0 saturated carbocycles. The van der Waals surface area contributed by atoms with Crippen LogP contribution in [0.5, 0.6) is 5.75 Å². The van der Waals surface area contributed by atoms with Crippen LogP contribution in [0.4, 0.5) is 24.7 Å². The molecule has 1 aliphatic rings. The summed E-state index contributed by atoms with van der Waals surface area (Å²) in [5.74, 6) is -1.62. The van der Waals surface area contributed by atoms with Crippen molar-refractivity contribution in [2.24, 2.45) is 5.92 Å². The van der Waals surface area contributed by atoms with Crippen molar-refractivity contribution in [3.63, 3.8) is 0 Å². The predicted molar refractivity (Wildman–Crippen MR) is 153 cm³/mol. The number of aryl methyl sites for hydroxylation is 1. The zero-order valence-electron chi connectivity index (χ0n) is 22.8. The van der Waals surface area contributed by atoms with E-state index in [1.165, 1.54) is 12.1 Å². The van der Waals surface area contributed by atoms with Crippen molar-refractivity contribution >= 4 is 45.5 Å². The molecule has 0 unspecified atom stereocenters. The summed E-state index contributed by atoms with van der Waals surface area (Å²) in [6.07, 6.45) is -4.84. The van der Waals surface area contributed by atoms with E-state index in [2.05, 4.69) is 20.0 Å². The van der Waals surface area contributed by atoms with Crippen molar-refractivity contribution < 1.29 is 37.0 Å². The molecule has 3 aromatic carbocycles. The van der Waals surface area contributed by atoms with Gasteiger partial charge in [0.25, 0.3) is 0 Å². The number of aliphatic carboxylic acids is 1. The second kappa shape index (κ2) is 10.9. The number of carboxylic acids is 1. The first-order valence-electron chi connectivity index (χ1n) is 13.5. The van der Waals surface area contributed by atoms with E-state index < -0.39 is 30.0 Å². The lowest BCUT2D eigenvalue weighted by molar-refractivity contribution is -0.274. The first-order chi connectivity index (χ1) is 20.6. The van der Waals surface area contributed by atoms with Crippen molar-refractivity contribution in [1.29, 1.82) is 0 Å². The number of carboxylic acid groups (broad SMARTS) is 1. The van der Waals surface area contributed by atoms with E-state index in [9.17, 15) is 27.9 Å². The molecule has 0 radical (unpaired) electrons. The fraction of sp³-hybridized carbons (Fsp3) is 0.226. The third-order valence-electron chi connectivity index (χ3n) is 7.31. The van der Waals surface area contributed by atoms with Crippen molar-refractivity contribution in [2.75, 3.05) is 16.8 Å². The number of nitrogens with zero attached hydrogens (tertiary/aromatic N) is 3. The zero-order valence-corrected chi connectivity index (χ0v) is 22.8. The second-order valence-corrected chi connectivity index (χ2v) is 10.4. The third-order valence-corrected chi connectivity index (χ3v) is 7.31. The number of furan rings is 1. The summed E-state index contributed by atoms with van der Waals surface area (Å²) in [7, 11) is 0. The van der Waals surface area contributed by atoms with Crippen LogP contribution in [0.2, 0.25) is 0 Å². The number of halogens is 3. The highest BCUT2D eigenvalue weighted by molar-refractivity contribution is 6.06. The van der Waals surface area contributed by atoms with Gasteiger partial charge < -0.3 is 24.5 Å². The maximum absolute atomic E-state index is 13.2. The molecule has 0 bridgehead atoms. The van der Waals surface area contributed by atoms with E-state index >= 15 is 0 Å². The van der Waals surface area contributed by atoms with Crippen molar-refractivity contribution in [1.82, 2.24) is 9.97 Å². The maximum atomic E-state index is 13.2. The minimum Gasteiger partial charge on any atom is -0.480 e. The highest BCUT2D eigenvalue weighted by Crippen LogP contribution is 2.39. The zero-order chi connectivity index (χ0) is 30.3. The Morgan fingerprint density at radius 3 is 2.56 bits per heavy atom. The van der Waals surface area contributed by atoms with Gasteiger partial charge >= 0.3 is 12.3 Å². The van der Waals surface area contributed by atoms with E-state index in [1.54, 1.807) is 48.2 Å². The number of alkyl halides is 3. The SMILES string of the molecule is Cc1nc(N2C[C@@H](CC(=O)Nc3ccc(-c4ccccc4)c(OC(F)(F)F)c3)C[C@H]2C(=O)O)c2oc3ccccc3c2n1. The Morgan fingerprint density at radius 1 is 1.07 bits per heavy atom. The molecular formula is C31H25F3N4O5. The lowest BCUT2D eigenvalue weighted by Crippen LogP contribution is -2.36. The Bertz CT molecular complexity index is 1840. The number of hydrogen-bond donors (Lipinski definition) is 2. The molecule has 43 heavy (non-hydrogen) atoms. The number of carbonyl (C=O) groups excluding carboxylic acids is 1. The number of para-hydroxylation sites is 1. The maximum Gasteiger partial charge on any atom is 0.573 e. The van der Waals surface area contributed by atoms with Gasteiger partial charge in [0, 0.05) is 35.7 Å². The summed E-state index contributed by atoms with van der Waals surface area (Å²) in [5, 5.41) is 13.4. The molecule has 2 N–H and O–H groups in total. The number of rotatable bonds is 7. The molecule has 9 nitrogen and oxygen atoms in total. The number of ether oxygens (including phenoxy) is 1. The lowest BCUT2D eigenvalue weighted by Gasteiger charge is -2.22. The fourth-order valence-corrected chi connectivity index (χ4v) is 5.56. The number of hydrogen-bond acceptors (Lipinski definition) is 7. The molecular weight excluding hydrogens is 565 g/mol. The highest BCUT2D eigenvalue weighted by Gasteiger charge is 2.40. The first-order valence-corrected chi connectivity index (χ1v) is 13.5. The first kappa shape index (κ1) is 28.0. The molecule has 220 valence electrons. The molecule has 0 aliphatic carbocycles. The van der Waals surface area contributed by atoms with Crippen LogP contribution in [0.3, 0.4) is 0 Å². The topological polar surface area (TPSA) is 118 Å². The second-order valence-electron chi connectivity index (χ2n) is 10.4. The summed E-state index contributed by atoms with van der Waals surface area (Å²) in [4.78, 5) is 36.0. The summed E-state index contributed by atoms with van der Waals surface area (Å²) in [6.45, 7) is 1.91. The smallest absolute Gasteiger partial charge is 0.480 e. The van der Waals surface area contributed by atoms with Crippen molar-refractivity contribution in [3.8, 4) is 16.9 Å². The molecule has 1 amide bonds. The lowest BCUT2D eigenvalue weighted by atomic mass is 10.0. The van der Waals surface area contributed by atoms with Crippen molar-refractivity contribution in [3.05, 3.63) is 78.6 Å². The van der Waals surface area contributed by atoms with E-state index in [-0.39, 0.29) is 36.6 Å². The van der Waals surface area contributed by atoms with Crippen LogP contribution in [-0.4, -0.2) is 45.9 Å². The van der Waals surface area contributed by atoms with Crippen molar-refractivity contribution in [2.45, 2.75) is 32.2 Å². The monoisotopic (exact) mass is 590 g/mol. The number of benzene rings is 3. The summed E-state index contributed by atoms with van der Waals surface area (Å²) < 4.78 is 49.9. The molecule has 6 rings (SSSR count). The molecule has 1 saturated heterocycles. The van der Waals surface area contributed by atoms with E-state index in [0.717, 1.165) is 11.5 Å². The van der Waals surface area contributed by atoms with Crippen LogP contribution in [0.15, 0.2) is 77.2 Å². The Labute approximate surface area is 242 Å². The molecule has 12 heteroatoms. The summed E-state index contributed by atoms with van der Waals surface area (Å²) in [5.41, 5.74) is 2.36. The van der Waals surface area contributed by atoms with Crippen LogP contribution >= 0.6 is 0 Å². The highest BCUT2D eigenvalue weighted by atomic mass is 19.4. The van der Waals surface area contributed by atoms with Crippen LogP contribution in [0.25, 0.3) is 33.2 Å². The molecule has 3 heterocycles. The predicted octanol–water partition coefficient (Wildman–Crippen LogP) is 6.56. The fourth-order valence-electron chi connectivity index (χ4n) is 5.56. The van der Waals surface area contributed by atoms with E-state index in [0.29, 0.717) is 33.9 Å². The van der Waals surface area contributed by atoms with Gasteiger partial charge in [-0.05, 0) is 49.1 Å². The molecule has 1 fully saturated rings. The summed E-state index contributed by atoms with van der Waals surface area (Å²) in [6, 6.07) is 18.9. The normalized spacial score (nSPS) is 17.0. The van der Waals surface area contributed by atoms with Gasteiger partial charge in [0.05, 0.1) is 0 Å². The average Bonchev–Trinajstić information content (AvgIpc) is 3.54. The summed E-state index contributed by atoms with van der Waals surface area (Å²) >= 11 is 0. The van der Waals surface area contributed by atoms with Gasteiger partial charge in [0.2, 0.25) is 5.91 Å². The van der Waals surface area contributed by atoms with Crippen LogP contribution in [0.1, 0.15) is 18.7 Å². The minimum atomic E-state index is -4.93.